The van der Waals surface area contributed by atoms with E-state index in [0.29, 0.717) is 12.1 Å². The number of nitrogens with zero attached hydrogens (tertiary/aromatic N) is 1. The summed E-state index contributed by atoms with van der Waals surface area (Å²) in [4.78, 5) is 15.8. The molecule has 0 bridgehead atoms. The maximum atomic E-state index is 13.0. The molecule has 1 heterocycles. The molecule has 1 aromatic rings. The second-order valence-electron chi connectivity index (χ2n) is 5.27. The smallest absolute Gasteiger partial charge is 0.306 e. The Morgan fingerprint density at radius 3 is 2.47 bits per heavy atom. The van der Waals surface area contributed by atoms with E-state index in [2.05, 4.69) is 4.98 Å². The fraction of sp³-hybridized carbons (Fsp3) is 0.571. The number of pyridine rings is 1. The fourth-order valence-corrected chi connectivity index (χ4v) is 2.39. The molecule has 1 rings (SSSR count). The van der Waals surface area contributed by atoms with Crippen LogP contribution < -0.4 is 5.73 Å². The highest BCUT2D eigenvalue weighted by Gasteiger charge is 2.45. The first-order chi connectivity index (χ1) is 8.76. The molecule has 0 aliphatic heterocycles. The molecule has 2 N–H and O–H groups in total. The van der Waals surface area contributed by atoms with Crippen molar-refractivity contribution in [2.24, 2.45) is 5.73 Å². The van der Waals surface area contributed by atoms with Gasteiger partial charge in [-0.1, -0.05) is 6.92 Å². The van der Waals surface area contributed by atoms with Gasteiger partial charge in [-0.25, -0.2) is 4.39 Å². The van der Waals surface area contributed by atoms with Gasteiger partial charge in [0, 0.05) is 16.6 Å². The average Bonchev–Trinajstić information content (AvgIpc) is 2.35. The molecule has 1 atom stereocenters. The van der Waals surface area contributed by atoms with Gasteiger partial charge in [0.2, 0.25) is 0 Å². The minimum atomic E-state index is -0.694. The van der Waals surface area contributed by atoms with E-state index < -0.39 is 16.8 Å². The van der Waals surface area contributed by atoms with Crippen LogP contribution in [0.15, 0.2) is 18.3 Å². The maximum Gasteiger partial charge on any atom is 0.306 e. The summed E-state index contributed by atoms with van der Waals surface area (Å²) in [6, 6.07) is 2.91. The van der Waals surface area contributed by atoms with Crippen molar-refractivity contribution in [2.45, 2.75) is 44.6 Å². The van der Waals surface area contributed by atoms with Crippen molar-refractivity contribution in [2.75, 3.05) is 7.11 Å². The molecule has 5 heteroatoms. The molecule has 0 aromatic carbocycles. The summed E-state index contributed by atoms with van der Waals surface area (Å²) in [7, 11) is 1.34. The zero-order valence-electron chi connectivity index (χ0n) is 11.9. The predicted octanol–water partition coefficient (Wildman–Crippen LogP) is 2.17. The van der Waals surface area contributed by atoms with E-state index in [1.165, 1.54) is 13.2 Å². The van der Waals surface area contributed by atoms with Crippen LogP contribution in [0.25, 0.3) is 0 Å². The predicted molar refractivity (Wildman–Crippen MR) is 71.1 cm³/mol. The first kappa shape index (κ1) is 15.6. The number of aromatic nitrogens is 1. The van der Waals surface area contributed by atoms with Gasteiger partial charge in [0.25, 0.3) is 0 Å². The number of halogens is 1. The van der Waals surface area contributed by atoms with E-state index >= 15 is 0 Å². The van der Waals surface area contributed by atoms with Crippen LogP contribution in [0.1, 0.15) is 39.3 Å². The summed E-state index contributed by atoms with van der Waals surface area (Å²) in [5.41, 5.74) is 5.48. The molecule has 0 aliphatic carbocycles. The molecule has 0 radical (unpaired) electrons. The number of methoxy groups -OCH3 is 1. The van der Waals surface area contributed by atoms with Crippen molar-refractivity contribution >= 4 is 5.97 Å². The van der Waals surface area contributed by atoms with Crippen LogP contribution in [0.2, 0.25) is 0 Å². The number of nitrogens with two attached hydrogens (primary N) is 1. The van der Waals surface area contributed by atoms with Gasteiger partial charge < -0.3 is 10.5 Å². The maximum absolute atomic E-state index is 13.0. The van der Waals surface area contributed by atoms with Crippen LogP contribution in [0.3, 0.4) is 0 Å². The van der Waals surface area contributed by atoms with Gasteiger partial charge in [0.1, 0.15) is 5.82 Å². The first-order valence-electron chi connectivity index (χ1n) is 6.24. The molecular weight excluding hydrogens is 247 g/mol. The molecule has 1 unspecified atom stereocenters. The summed E-state index contributed by atoms with van der Waals surface area (Å²) < 4.78 is 17.8. The van der Waals surface area contributed by atoms with Crippen molar-refractivity contribution in [3.05, 3.63) is 29.8 Å². The number of hydrogen-bond donors (Lipinski definition) is 1. The monoisotopic (exact) mass is 268 g/mol. The summed E-state index contributed by atoms with van der Waals surface area (Å²) in [5.74, 6) is -0.770. The molecule has 19 heavy (non-hydrogen) atoms. The van der Waals surface area contributed by atoms with Crippen LogP contribution in [0.4, 0.5) is 4.39 Å². The Kier molecular flexibility index (Phi) is 4.63. The zero-order chi connectivity index (χ0) is 14.7. The van der Waals surface area contributed by atoms with Crippen molar-refractivity contribution < 1.29 is 13.9 Å². The van der Waals surface area contributed by atoms with Crippen LogP contribution in [0, 0.1) is 5.82 Å². The average molecular weight is 268 g/mol. The lowest BCUT2D eigenvalue weighted by molar-refractivity contribution is -0.143. The SMILES string of the molecule is CCC(CC(=O)OC)(c1ccc(F)cn1)C(C)(C)N. The van der Waals surface area contributed by atoms with Crippen molar-refractivity contribution in [3.8, 4) is 0 Å². The Morgan fingerprint density at radius 1 is 1.47 bits per heavy atom. The lowest BCUT2D eigenvalue weighted by Gasteiger charge is -2.43. The van der Waals surface area contributed by atoms with Crippen molar-refractivity contribution in [1.82, 2.24) is 4.98 Å². The van der Waals surface area contributed by atoms with E-state index in [9.17, 15) is 9.18 Å². The van der Waals surface area contributed by atoms with Crippen LogP contribution in [-0.4, -0.2) is 23.6 Å². The summed E-state index contributed by atoms with van der Waals surface area (Å²) in [6.45, 7) is 5.61. The Labute approximate surface area is 113 Å². The lowest BCUT2D eigenvalue weighted by atomic mass is 9.65. The Morgan fingerprint density at radius 2 is 2.11 bits per heavy atom. The third kappa shape index (κ3) is 3.10. The normalized spacial score (nSPS) is 14.8. The second kappa shape index (κ2) is 5.65. The number of esters is 1. The topological polar surface area (TPSA) is 65.2 Å². The third-order valence-corrected chi connectivity index (χ3v) is 3.73. The molecule has 0 aliphatic rings. The van der Waals surface area contributed by atoms with Crippen LogP contribution in [0.5, 0.6) is 0 Å². The van der Waals surface area contributed by atoms with E-state index in [0.717, 1.165) is 6.20 Å². The molecule has 0 spiro atoms. The zero-order valence-corrected chi connectivity index (χ0v) is 11.9. The Bertz CT molecular complexity index is 440. The highest BCUT2D eigenvalue weighted by atomic mass is 19.1. The number of carbonyl (C=O) groups excluding carboxylic acids is 1. The van der Waals surface area contributed by atoms with Gasteiger partial charge in [-0.3, -0.25) is 9.78 Å². The minimum absolute atomic E-state index is 0.113. The molecule has 0 saturated carbocycles. The first-order valence-corrected chi connectivity index (χ1v) is 6.24. The van der Waals surface area contributed by atoms with E-state index in [4.69, 9.17) is 10.5 Å². The van der Waals surface area contributed by atoms with Crippen LogP contribution >= 0.6 is 0 Å². The van der Waals surface area contributed by atoms with E-state index in [1.54, 1.807) is 6.07 Å². The third-order valence-electron chi connectivity index (χ3n) is 3.73. The largest absolute Gasteiger partial charge is 0.469 e. The highest BCUT2D eigenvalue weighted by Crippen LogP contribution is 2.39. The Hall–Kier alpha value is -1.49. The number of rotatable bonds is 5. The van der Waals surface area contributed by atoms with Gasteiger partial charge in [-0.15, -0.1) is 0 Å². The standard InChI is InChI=1S/C14H21FN2O2/c1-5-14(13(2,3)16,8-12(18)19-4)11-7-6-10(15)9-17-11/h6-7,9H,5,8,16H2,1-4H3. The van der Waals surface area contributed by atoms with E-state index in [1.807, 2.05) is 20.8 Å². The molecular formula is C14H21FN2O2. The lowest BCUT2D eigenvalue weighted by Crippen LogP contribution is -2.55. The Balaban J connectivity index is 3.32. The van der Waals surface area contributed by atoms with Crippen molar-refractivity contribution in [3.63, 3.8) is 0 Å². The molecule has 0 fully saturated rings. The summed E-state index contributed by atoms with van der Waals surface area (Å²) in [5, 5.41) is 0. The highest BCUT2D eigenvalue weighted by molar-refractivity contribution is 5.71. The quantitative estimate of drug-likeness (QED) is 0.831. The molecule has 0 amide bonds. The van der Waals surface area contributed by atoms with E-state index in [-0.39, 0.29) is 12.4 Å². The van der Waals surface area contributed by atoms with Gasteiger partial charge in [0.05, 0.1) is 19.7 Å². The minimum Gasteiger partial charge on any atom is -0.469 e. The molecule has 4 nitrogen and oxygen atoms in total. The molecule has 106 valence electrons. The number of hydrogen-bond acceptors (Lipinski definition) is 4. The summed E-state index contributed by atoms with van der Waals surface area (Å²) in [6.07, 6.45) is 1.86. The van der Waals surface area contributed by atoms with Gasteiger partial charge in [-0.05, 0) is 32.4 Å². The van der Waals surface area contributed by atoms with Crippen LogP contribution in [-0.2, 0) is 14.9 Å². The fourth-order valence-electron chi connectivity index (χ4n) is 2.39. The number of ether oxygens (including phenoxy) is 1. The number of carbonyl (C=O) groups is 1. The van der Waals surface area contributed by atoms with Gasteiger partial charge in [0.15, 0.2) is 0 Å². The van der Waals surface area contributed by atoms with Gasteiger partial charge >= 0.3 is 5.97 Å². The van der Waals surface area contributed by atoms with Crippen molar-refractivity contribution in [1.29, 1.82) is 0 Å². The second-order valence-corrected chi connectivity index (χ2v) is 5.27. The van der Waals surface area contributed by atoms with Gasteiger partial charge in [-0.2, -0.15) is 0 Å². The molecule has 0 saturated heterocycles. The molecule has 1 aromatic heterocycles. The summed E-state index contributed by atoms with van der Waals surface area (Å²) >= 11 is 0.